The molecule has 1 heterocycles. The van der Waals surface area contributed by atoms with Crippen molar-refractivity contribution in [2.45, 2.75) is 4.90 Å². The summed E-state index contributed by atoms with van der Waals surface area (Å²) in [6, 6.07) is 11.7. The molecule has 0 saturated heterocycles. The van der Waals surface area contributed by atoms with Gasteiger partial charge >= 0.3 is 0 Å². The van der Waals surface area contributed by atoms with Gasteiger partial charge in [-0.3, -0.25) is 9.69 Å². The summed E-state index contributed by atoms with van der Waals surface area (Å²) >= 11 is 3.23. The van der Waals surface area contributed by atoms with Crippen LogP contribution in [0, 0.1) is 0 Å². The van der Waals surface area contributed by atoms with E-state index in [1.807, 2.05) is 38.4 Å². The number of fused-ring (bicyclic) bond motifs is 1. The second-order valence-corrected chi connectivity index (χ2v) is 8.96. The van der Waals surface area contributed by atoms with Crippen LogP contribution in [0.15, 0.2) is 47.4 Å². The lowest BCUT2D eigenvalue weighted by atomic mass is 10.2. The molecule has 0 N–H and O–H groups in total. The lowest BCUT2D eigenvalue weighted by Crippen LogP contribution is -2.35. The topological polar surface area (TPSA) is 54.9 Å². The molecular formula is C23H27N3O3S2. The number of thioether (sulfide) groups is 1. The van der Waals surface area contributed by atoms with Gasteiger partial charge in [-0.05, 0) is 62.3 Å². The molecular weight excluding hydrogens is 430 g/mol. The number of methoxy groups -OCH3 is 2. The Bertz CT molecular complexity index is 1080. The molecule has 2 aromatic carbocycles. The van der Waals surface area contributed by atoms with Crippen LogP contribution < -0.4 is 14.4 Å². The average molecular weight is 458 g/mol. The lowest BCUT2D eigenvalue weighted by molar-refractivity contribution is -0.114. The molecule has 0 radical (unpaired) electrons. The van der Waals surface area contributed by atoms with Gasteiger partial charge < -0.3 is 14.4 Å². The van der Waals surface area contributed by atoms with Crippen molar-refractivity contribution in [3.05, 3.63) is 48.0 Å². The number of carbonyl (C=O) groups excluding carboxylic acids is 1. The summed E-state index contributed by atoms with van der Waals surface area (Å²) < 4.78 is 11.7. The van der Waals surface area contributed by atoms with Crippen molar-refractivity contribution in [1.29, 1.82) is 0 Å². The Morgan fingerprint density at radius 3 is 2.55 bits per heavy atom. The molecule has 1 amide bonds. The van der Waals surface area contributed by atoms with Crippen molar-refractivity contribution < 1.29 is 14.3 Å². The number of benzene rings is 2. The number of anilines is 1. The summed E-state index contributed by atoms with van der Waals surface area (Å²) in [4.78, 5) is 22.8. The highest BCUT2D eigenvalue weighted by atomic mass is 32.2. The van der Waals surface area contributed by atoms with E-state index in [4.69, 9.17) is 14.5 Å². The van der Waals surface area contributed by atoms with Gasteiger partial charge in [0, 0.05) is 24.1 Å². The fourth-order valence-electron chi connectivity index (χ4n) is 2.95. The van der Waals surface area contributed by atoms with Gasteiger partial charge in [0.1, 0.15) is 0 Å². The van der Waals surface area contributed by atoms with Crippen LogP contribution in [0.25, 0.3) is 16.3 Å². The Balaban J connectivity index is 1.87. The van der Waals surface area contributed by atoms with Crippen molar-refractivity contribution in [2.24, 2.45) is 0 Å². The predicted octanol–water partition coefficient (Wildman–Crippen LogP) is 4.64. The highest BCUT2D eigenvalue weighted by Crippen LogP contribution is 2.32. The number of nitrogens with zero attached hydrogens (tertiary/aromatic N) is 3. The zero-order valence-electron chi connectivity index (χ0n) is 18.4. The maximum absolute atomic E-state index is 13.1. The third-order valence-corrected chi connectivity index (χ3v) is 6.44. The number of ether oxygens (including phenoxy) is 2. The van der Waals surface area contributed by atoms with Crippen LogP contribution in [-0.2, 0) is 4.79 Å². The second kappa shape index (κ2) is 10.7. The number of carbonyl (C=O) groups is 1. The number of thiazole rings is 1. The standard InChI is InChI=1S/C23H27N3O3S2/c1-25(2)12-13-26(23-24-18-9-8-17(30-5)15-21(18)31-23)22(27)11-7-16-6-10-19(28-3)20(14-16)29-4/h6-11,14-15H,12-13H2,1-5H3/b11-7+. The van der Waals surface area contributed by atoms with Crippen LogP contribution in [0.5, 0.6) is 11.5 Å². The summed E-state index contributed by atoms with van der Waals surface area (Å²) in [5.41, 5.74) is 1.76. The van der Waals surface area contributed by atoms with E-state index < -0.39 is 0 Å². The van der Waals surface area contributed by atoms with E-state index >= 15 is 0 Å². The zero-order valence-corrected chi connectivity index (χ0v) is 20.0. The molecule has 31 heavy (non-hydrogen) atoms. The quantitative estimate of drug-likeness (QED) is 0.345. The summed E-state index contributed by atoms with van der Waals surface area (Å²) in [5.74, 6) is 1.16. The van der Waals surface area contributed by atoms with Gasteiger partial charge in [0.2, 0.25) is 0 Å². The van der Waals surface area contributed by atoms with Crippen LogP contribution in [0.4, 0.5) is 5.13 Å². The van der Waals surface area contributed by atoms with Crippen LogP contribution in [0.2, 0.25) is 0 Å². The van der Waals surface area contributed by atoms with Gasteiger partial charge in [0.05, 0.1) is 24.4 Å². The predicted molar refractivity (Wildman–Crippen MR) is 131 cm³/mol. The molecule has 3 aromatic rings. The van der Waals surface area contributed by atoms with Gasteiger partial charge in [-0.2, -0.15) is 0 Å². The molecule has 1 aromatic heterocycles. The van der Waals surface area contributed by atoms with E-state index in [1.54, 1.807) is 43.0 Å². The Morgan fingerprint density at radius 1 is 1.10 bits per heavy atom. The minimum absolute atomic E-state index is 0.110. The van der Waals surface area contributed by atoms with Gasteiger partial charge in [-0.1, -0.05) is 17.4 Å². The van der Waals surface area contributed by atoms with Crippen molar-refractivity contribution in [1.82, 2.24) is 9.88 Å². The number of hydrogen-bond donors (Lipinski definition) is 0. The summed E-state index contributed by atoms with van der Waals surface area (Å²) in [6.07, 6.45) is 5.41. The molecule has 0 aliphatic carbocycles. The van der Waals surface area contributed by atoms with Crippen molar-refractivity contribution >= 4 is 50.4 Å². The van der Waals surface area contributed by atoms with E-state index in [9.17, 15) is 4.79 Å². The molecule has 164 valence electrons. The van der Waals surface area contributed by atoms with E-state index in [0.29, 0.717) is 23.2 Å². The first kappa shape index (κ1) is 23.1. The van der Waals surface area contributed by atoms with Crippen LogP contribution in [-0.4, -0.2) is 63.5 Å². The van der Waals surface area contributed by atoms with Gasteiger partial charge in [-0.15, -0.1) is 11.8 Å². The Morgan fingerprint density at radius 2 is 1.87 bits per heavy atom. The number of hydrogen-bond acceptors (Lipinski definition) is 7. The molecule has 0 bridgehead atoms. The molecule has 0 unspecified atom stereocenters. The van der Waals surface area contributed by atoms with Crippen LogP contribution >= 0.6 is 23.1 Å². The van der Waals surface area contributed by atoms with Crippen molar-refractivity contribution in [3.8, 4) is 11.5 Å². The number of aromatic nitrogens is 1. The van der Waals surface area contributed by atoms with Crippen LogP contribution in [0.3, 0.4) is 0 Å². The second-order valence-electron chi connectivity index (χ2n) is 7.07. The fourth-order valence-corrected chi connectivity index (χ4v) is 4.50. The van der Waals surface area contributed by atoms with Gasteiger partial charge in [0.25, 0.3) is 5.91 Å². The normalized spacial score (nSPS) is 11.4. The van der Waals surface area contributed by atoms with Gasteiger partial charge in [0.15, 0.2) is 16.6 Å². The third kappa shape index (κ3) is 5.78. The first-order valence-electron chi connectivity index (χ1n) is 9.76. The molecule has 3 rings (SSSR count). The minimum Gasteiger partial charge on any atom is -0.493 e. The first-order chi connectivity index (χ1) is 14.9. The SMILES string of the molecule is COc1ccc(/C=C/C(=O)N(CCN(C)C)c2nc3ccc(SC)cc3s2)cc1OC. The highest BCUT2D eigenvalue weighted by molar-refractivity contribution is 7.98. The smallest absolute Gasteiger partial charge is 0.252 e. The summed E-state index contributed by atoms with van der Waals surface area (Å²) in [7, 11) is 7.17. The molecule has 0 spiro atoms. The number of amides is 1. The molecule has 8 heteroatoms. The van der Waals surface area contributed by atoms with Crippen molar-refractivity contribution in [3.63, 3.8) is 0 Å². The fraction of sp³-hybridized carbons (Fsp3) is 0.304. The molecule has 0 atom stereocenters. The molecule has 0 aliphatic heterocycles. The third-order valence-electron chi connectivity index (χ3n) is 4.68. The Labute approximate surface area is 191 Å². The monoisotopic (exact) mass is 457 g/mol. The number of rotatable bonds is 9. The Kier molecular flexibility index (Phi) is 7.95. The number of likely N-dealkylation sites (N-methyl/N-ethyl adjacent to an activating group) is 1. The van der Waals surface area contributed by atoms with Crippen molar-refractivity contribution in [2.75, 3.05) is 52.6 Å². The summed E-state index contributed by atoms with van der Waals surface area (Å²) in [6.45, 7) is 1.29. The molecule has 0 aliphatic rings. The molecule has 0 fully saturated rings. The molecule has 0 saturated carbocycles. The van der Waals surface area contributed by atoms with E-state index in [-0.39, 0.29) is 5.91 Å². The van der Waals surface area contributed by atoms with E-state index in [0.717, 1.165) is 22.3 Å². The average Bonchev–Trinajstić information content (AvgIpc) is 3.19. The largest absolute Gasteiger partial charge is 0.493 e. The summed E-state index contributed by atoms with van der Waals surface area (Å²) in [5, 5.41) is 0.706. The van der Waals surface area contributed by atoms with E-state index in [1.165, 1.54) is 16.2 Å². The zero-order chi connectivity index (χ0) is 22.4. The first-order valence-corrected chi connectivity index (χ1v) is 11.8. The molecule has 6 nitrogen and oxygen atoms in total. The highest BCUT2D eigenvalue weighted by Gasteiger charge is 2.18. The Hall–Kier alpha value is -2.55. The van der Waals surface area contributed by atoms with Crippen LogP contribution in [0.1, 0.15) is 5.56 Å². The minimum atomic E-state index is -0.110. The maximum Gasteiger partial charge on any atom is 0.252 e. The lowest BCUT2D eigenvalue weighted by Gasteiger charge is -2.20. The maximum atomic E-state index is 13.1. The van der Waals surface area contributed by atoms with E-state index in [2.05, 4.69) is 23.3 Å². The van der Waals surface area contributed by atoms with Gasteiger partial charge in [-0.25, -0.2) is 4.98 Å².